The molecule has 1 aromatic heterocycles. The summed E-state index contributed by atoms with van der Waals surface area (Å²) in [7, 11) is -4.14. The number of phosphoric ester groups is 1. The van der Waals surface area contributed by atoms with E-state index in [1.165, 1.54) is 22.5 Å². The van der Waals surface area contributed by atoms with Crippen LogP contribution in [0.3, 0.4) is 0 Å². The van der Waals surface area contributed by atoms with Crippen molar-refractivity contribution in [2.24, 2.45) is 5.11 Å². The molecular weight excluding hydrogens is 545 g/mol. The predicted octanol–water partition coefficient (Wildman–Crippen LogP) is 5.13. The van der Waals surface area contributed by atoms with Gasteiger partial charge in [-0.15, -0.1) is 11.8 Å². The molecule has 2 heterocycles. The highest BCUT2D eigenvalue weighted by molar-refractivity contribution is 7.99. The number of aromatic amines is 1. The van der Waals surface area contributed by atoms with Crippen molar-refractivity contribution in [3.05, 3.63) is 103 Å². The molecule has 0 aliphatic carbocycles. The van der Waals surface area contributed by atoms with Crippen LogP contribution in [0, 0.1) is 13.8 Å². The van der Waals surface area contributed by atoms with Crippen molar-refractivity contribution in [3.8, 4) is 5.75 Å². The Hall–Kier alpha value is -3.31. The van der Waals surface area contributed by atoms with Crippen LogP contribution in [0.4, 0.5) is 0 Å². The Morgan fingerprint density at radius 3 is 2.62 bits per heavy atom. The minimum absolute atomic E-state index is 0.0721. The fourth-order valence-electron chi connectivity index (χ4n) is 3.83. The standard InChI is InChI=1S/C25H28N5O7PS/c1-17-8-10-19(11-9-17)37-38(33,34-12-13-39-20-6-4-3-5-7-20)35-16-22-21(28-29-26)14-23(36-22)30-15-18(2)24(31)27-25(30)32/h3-11,15,21-23H,12-14,16H2,1-2H3,(H,27,31,32)/t21?,22-,23-,38?/m1/s1. The Morgan fingerprint density at radius 1 is 1.15 bits per heavy atom. The van der Waals surface area contributed by atoms with Gasteiger partial charge in [-0.1, -0.05) is 41.0 Å². The van der Waals surface area contributed by atoms with Gasteiger partial charge in [0.25, 0.3) is 5.56 Å². The first-order chi connectivity index (χ1) is 18.8. The van der Waals surface area contributed by atoms with Crippen LogP contribution in [-0.2, 0) is 18.3 Å². The number of hydrogen-bond acceptors (Lipinski definition) is 9. The Labute approximate surface area is 228 Å². The molecule has 1 saturated heterocycles. The minimum atomic E-state index is -4.14. The lowest BCUT2D eigenvalue weighted by molar-refractivity contribution is -0.0277. The summed E-state index contributed by atoms with van der Waals surface area (Å²) in [5.41, 5.74) is 9.20. The average Bonchev–Trinajstić information content (AvgIpc) is 3.32. The number of rotatable bonds is 12. The van der Waals surface area contributed by atoms with E-state index in [0.29, 0.717) is 17.1 Å². The van der Waals surface area contributed by atoms with Gasteiger partial charge in [-0.25, -0.2) is 9.36 Å². The van der Waals surface area contributed by atoms with Gasteiger partial charge in [0.2, 0.25) is 0 Å². The molecule has 0 radical (unpaired) electrons. The largest absolute Gasteiger partial charge is 0.530 e. The zero-order chi connectivity index (χ0) is 27.8. The molecule has 4 atom stereocenters. The number of thioether (sulfide) groups is 1. The Bertz CT molecular complexity index is 1470. The molecule has 0 spiro atoms. The minimum Gasteiger partial charge on any atom is -0.404 e. The second-order valence-corrected chi connectivity index (χ2v) is 11.5. The van der Waals surface area contributed by atoms with E-state index in [-0.39, 0.29) is 19.6 Å². The van der Waals surface area contributed by atoms with Gasteiger partial charge >= 0.3 is 13.5 Å². The molecule has 2 unspecified atom stereocenters. The lowest BCUT2D eigenvalue weighted by atomic mass is 10.1. The number of phosphoric acid groups is 1. The van der Waals surface area contributed by atoms with E-state index in [0.717, 1.165) is 10.5 Å². The first kappa shape index (κ1) is 28.7. The highest BCUT2D eigenvalue weighted by Gasteiger charge is 2.39. The summed E-state index contributed by atoms with van der Waals surface area (Å²) >= 11 is 1.53. The third-order valence-electron chi connectivity index (χ3n) is 5.84. The molecule has 39 heavy (non-hydrogen) atoms. The van der Waals surface area contributed by atoms with Gasteiger partial charge in [0, 0.05) is 33.7 Å². The van der Waals surface area contributed by atoms with Crippen molar-refractivity contribution < 1.29 is 22.9 Å². The second kappa shape index (κ2) is 13.2. The van der Waals surface area contributed by atoms with Crippen molar-refractivity contribution in [2.45, 2.75) is 43.5 Å². The Kier molecular flexibility index (Phi) is 9.68. The molecule has 0 amide bonds. The molecule has 0 saturated carbocycles. The molecule has 3 aromatic rings. The van der Waals surface area contributed by atoms with E-state index in [4.69, 9.17) is 23.8 Å². The maximum atomic E-state index is 13.7. The third-order valence-corrected chi connectivity index (χ3v) is 8.21. The van der Waals surface area contributed by atoms with Gasteiger partial charge in [0.1, 0.15) is 12.0 Å². The van der Waals surface area contributed by atoms with Crippen LogP contribution in [0.15, 0.2) is 80.4 Å². The molecule has 14 heteroatoms. The molecular formula is C25H28N5O7PS. The molecule has 1 fully saturated rings. The third kappa shape index (κ3) is 7.86. The molecule has 0 bridgehead atoms. The van der Waals surface area contributed by atoms with Gasteiger partial charge < -0.3 is 9.26 Å². The molecule has 2 aromatic carbocycles. The van der Waals surface area contributed by atoms with Crippen molar-refractivity contribution in [3.63, 3.8) is 0 Å². The summed E-state index contributed by atoms with van der Waals surface area (Å²) in [5.74, 6) is 0.790. The number of azide groups is 1. The number of aromatic nitrogens is 2. The van der Waals surface area contributed by atoms with Crippen molar-refractivity contribution in [2.75, 3.05) is 19.0 Å². The first-order valence-electron chi connectivity index (χ1n) is 12.1. The fraction of sp³-hybridized carbons (Fsp3) is 0.360. The zero-order valence-electron chi connectivity index (χ0n) is 21.3. The van der Waals surface area contributed by atoms with E-state index in [1.54, 1.807) is 31.2 Å². The van der Waals surface area contributed by atoms with E-state index >= 15 is 0 Å². The highest BCUT2D eigenvalue weighted by atomic mass is 32.2. The SMILES string of the molecule is Cc1ccc(OP(=O)(OCCSc2ccccc2)OC[C@H]2O[C@@H](n3cc(C)c(=O)[nH]c3=O)CC2N=[N+]=[N-])cc1. The van der Waals surface area contributed by atoms with Gasteiger partial charge in [0.05, 0.1) is 25.4 Å². The number of ether oxygens (including phenoxy) is 1. The number of aryl methyl sites for hydroxylation is 2. The fourth-order valence-corrected chi connectivity index (χ4v) is 5.91. The maximum Gasteiger partial charge on any atom is 0.530 e. The molecule has 206 valence electrons. The summed E-state index contributed by atoms with van der Waals surface area (Å²) in [6, 6.07) is 15.9. The van der Waals surface area contributed by atoms with E-state index < -0.39 is 37.4 Å². The van der Waals surface area contributed by atoms with Crippen molar-refractivity contribution in [1.29, 1.82) is 0 Å². The average molecular weight is 574 g/mol. The number of nitrogens with zero attached hydrogens (tertiary/aromatic N) is 4. The first-order valence-corrected chi connectivity index (χ1v) is 14.6. The molecule has 1 N–H and O–H groups in total. The summed E-state index contributed by atoms with van der Waals surface area (Å²) in [6.45, 7) is 3.24. The Morgan fingerprint density at radius 2 is 1.90 bits per heavy atom. The molecule has 4 rings (SSSR count). The molecule has 12 nitrogen and oxygen atoms in total. The summed E-state index contributed by atoms with van der Waals surface area (Å²) in [5, 5.41) is 3.77. The summed E-state index contributed by atoms with van der Waals surface area (Å²) in [4.78, 5) is 30.2. The van der Waals surface area contributed by atoms with Crippen LogP contribution >= 0.6 is 19.6 Å². The van der Waals surface area contributed by atoms with E-state index in [1.807, 2.05) is 37.3 Å². The normalized spacial score (nSPS) is 20.2. The van der Waals surface area contributed by atoms with Gasteiger partial charge in [-0.05, 0) is 43.6 Å². The van der Waals surface area contributed by atoms with Gasteiger partial charge in [-0.3, -0.25) is 23.4 Å². The summed E-state index contributed by atoms with van der Waals surface area (Å²) in [6.07, 6.45) is -0.178. The van der Waals surface area contributed by atoms with Crippen LogP contribution in [0.25, 0.3) is 10.4 Å². The van der Waals surface area contributed by atoms with Crippen LogP contribution in [0.2, 0.25) is 0 Å². The Balaban J connectivity index is 1.46. The summed E-state index contributed by atoms with van der Waals surface area (Å²) < 4.78 is 37.8. The zero-order valence-corrected chi connectivity index (χ0v) is 23.0. The monoisotopic (exact) mass is 573 g/mol. The number of nitrogens with one attached hydrogen (secondary N) is 1. The molecule has 1 aliphatic heterocycles. The van der Waals surface area contributed by atoms with Crippen LogP contribution < -0.4 is 15.8 Å². The lowest BCUT2D eigenvalue weighted by Gasteiger charge is -2.22. The lowest BCUT2D eigenvalue weighted by Crippen LogP contribution is -2.33. The van der Waals surface area contributed by atoms with E-state index in [2.05, 4.69) is 15.0 Å². The van der Waals surface area contributed by atoms with Crippen LogP contribution in [0.5, 0.6) is 5.75 Å². The molecule has 1 aliphatic rings. The van der Waals surface area contributed by atoms with Gasteiger partial charge in [-0.2, -0.15) is 0 Å². The smallest absolute Gasteiger partial charge is 0.404 e. The highest BCUT2D eigenvalue weighted by Crippen LogP contribution is 2.50. The van der Waals surface area contributed by atoms with Gasteiger partial charge in [0.15, 0.2) is 0 Å². The van der Waals surface area contributed by atoms with Crippen LogP contribution in [-0.4, -0.2) is 40.7 Å². The number of benzene rings is 2. The second-order valence-electron chi connectivity index (χ2n) is 8.76. The number of hydrogen-bond donors (Lipinski definition) is 1. The number of H-pyrrole nitrogens is 1. The van der Waals surface area contributed by atoms with Crippen molar-refractivity contribution >= 4 is 19.6 Å². The maximum absolute atomic E-state index is 13.7. The quantitative estimate of drug-likeness (QED) is 0.0780. The van der Waals surface area contributed by atoms with Crippen molar-refractivity contribution in [1.82, 2.24) is 9.55 Å². The predicted molar refractivity (Wildman–Crippen MR) is 146 cm³/mol. The van der Waals surface area contributed by atoms with Crippen LogP contribution in [0.1, 0.15) is 23.8 Å². The topological polar surface area (TPSA) is 158 Å². The van der Waals surface area contributed by atoms with E-state index in [9.17, 15) is 14.2 Å².